The van der Waals surface area contributed by atoms with Crippen LogP contribution in [-0.2, 0) is 20.8 Å². The third-order valence-electron chi connectivity index (χ3n) is 7.88. The fourth-order valence-electron chi connectivity index (χ4n) is 5.82. The predicted octanol–water partition coefficient (Wildman–Crippen LogP) is 4.84. The second-order valence-electron chi connectivity index (χ2n) is 10.7. The van der Waals surface area contributed by atoms with Gasteiger partial charge in [0.05, 0.1) is 36.1 Å². The summed E-state index contributed by atoms with van der Waals surface area (Å²) in [6.45, 7) is 4.99. The van der Waals surface area contributed by atoms with Crippen LogP contribution in [0.4, 0.5) is 0 Å². The molecule has 3 aromatic carbocycles. The van der Waals surface area contributed by atoms with Crippen molar-refractivity contribution in [1.82, 2.24) is 9.13 Å². The van der Waals surface area contributed by atoms with Gasteiger partial charge in [-0.25, -0.2) is 9.79 Å². The van der Waals surface area contributed by atoms with Crippen molar-refractivity contribution in [3.05, 3.63) is 127 Å². The van der Waals surface area contributed by atoms with E-state index < -0.39 is 12.0 Å². The highest BCUT2D eigenvalue weighted by Crippen LogP contribution is 2.40. The molecule has 0 aliphatic carbocycles. The Kier molecular flexibility index (Phi) is 9.18. The maximum Gasteiger partial charge on any atom is 0.338 e. The molecule has 0 saturated carbocycles. The second-order valence-corrected chi connectivity index (χ2v) is 11.7. The number of hydrogen-bond donors (Lipinski definition) is 0. The van der Waals surface area contributed by atoms with Gasteiger partial charge in [0.25, 0.3) is 5.56 Å². The lowest BCUT2D eigenvalue weighted by Crippen LogP contribution is -2.40. The van der Waals surface area contributed by atoms with Crippen LogP contribution in [0.15, 0.2) is 100 Å². The number of hydrogen-bond acceptors (Lipinski definition) is 8. The van der Waals surface area contributed by atoms with E-state index in [4.69, 9.17) is 23.9 Å². The molecule has 6 rings (SSSR count). The van der Waals surface area contributed by atoms with Crippen LogP contribution >= 0.6 is 11.3 Å². The normalized spacial score (nSPS) is 14.7. The zero-order valence-electron chi connectivity index (χ0n) is 26.2. The lowest BCUT2D eigenvalue weighted by molar-refractivity contribution is -0.140. The van der Waals surface area contributed by atoms with Gasteiger partial charge in [0.1, 0.15) is 12.6 Å². The van der Waals surface area contributed by atoms with Crippen molar-refractivity contribution >= 4 is 34.3 Å². The zero-order valence-corrected chi connectivity index (χ0v) is 27.0. The van der Waals surface area contributed by atoms with Crippen LogP contribution in [0.3, 0.4) is 0 Å². The first-order valence-corrected chi connectivity index (χ1v) is 15.9. The molecule has 0 saturated heterocycles. The number of rotatable bonds is 11. The number of para-hydroxylation sites is 2. The molecule has 3 heterocycles. The fourth-order valence-corrected chi connectivity index (χ4v) is 6.86. The van der Waals surface area contributed by atoms with Crippen LogP contribution in [0.25, 0.3) is 17.0 Å². The average Bonchev–Trinajstić information content (AvgIpc) is 3.57. The summed E-state index contributed by atoms with van der Waals surface area (Å²) >= 11 is 1.29. The van der Waals surface area contributed by atoms with Crippen LogP contribution < -0.4 is 24.4 Å². The van der Waals surface area contributed by atoms with Crippen LogP contribution in [0.1, 0.15) is 36.6 Å². The van der Waals surface area contributed by atoms with Crippen LogP contribution in [-0.4, -0.2) is 49.1 Å². The number of allylic oxidation sites excluding steroid dienone is 1. The maximum atomic E-state index is 14.4. The minimum atomic E-state index is -0.857. The van der Waals surface area contributed by atoms with Gasteiger partial charge in [0, 0.05) is 41.9 Å². The lowest BCUT2D eigenvalue weighted by atomic mass is 9.94. The van der Waals surface area contributed by atoms with E-state index in [2.05, 4.69) is 35.0 Å². The van der Waals surface area contributed by atoms with Crippen LogP contribution in [0.2, 0.25) is 0 Å². The molecule has 0 radical (unpaired) electrons. The Bertz CT molecular complexity index is 2110. The van der Waals surface area contributed by atoms with Gasteiger partial charge in [-0.2, -0.15) is 0 Å². The third kappa shape index (κ3) is 5.89. The molecule has 1 aliphatic heterocycles. The van der Waals surface area contributed by atoms with Gasteiger partial charge in [-0.15, -0.1) is 0 Å². The molecule has 0 N–H and O–H groups in total. The molecule has 0 bridgehead atoms. The van der Waals surface area contributed by atoms with Crippen molar-refractivity contribution in [1.29, 1.82) is 0 Å². The molecular weight excluding hydrogens is 602 g/mol. The van der Waals surface area contributed by atoms with E-state index in [9.17, 15) is 9.59 Å². The third-order valence-corrected chi connectivity index (χ3v) is 8.86. The molecule has 0 spiro atoms. The first-order chi connectivity index (χ1) is 22.4. The van der Waals surface area contributed by atoms with Gasteiger partial charge in [-0.3, -0.25) is 9.36 Å². The molecule has 0 amide bonds. The van der Waals surface area contributed by atoms with Crippen molar-refractivity contribution in [2.24, 2.45) is 4.99 Å². The SMILES string of the molecule is CCOc1c(OC)cccc1[C@H]1C(C(=O)OCCOC)=C(C)N=c2s/c(=C/c3cn(Cc4ccccc4)c4ccccc34)c(=O)n21. The van der Waals surface area contributed by atoms with Crippen molar-refractivity contribution in [3.8, 4) is 11.5 Å². The smallest absolute Gasteiger partial charge is 0.338 e. The highest BCUT2D eigenvalue weighted by atomic mass is 32.1. The Morgan fingerprint density at radius 3 is 2.54 bits per heavy atom. The summed E-state index contributed by atoms with van der Waals surface area (Å²) in [6, 6.07) is 23.0. The highest BCUT2D eigenvalue weighted by molar-refractivity contribution is 7.07. The van der Waals surface area contributed by atoms with Gasteiger partial charge in [0.15, 0.2) is 16.3 Å². The summed E-state index contributed by atoms with van der Waals surface area (Å²) in [5.41, 5.74) is 4.21. The zero-order chi connectivity index (χ0) is 32.2. The first kappa shape index (κ1) is 31.1. The number of benzene rings is 3. The number of carbonyl (C=O) groups is 1. The number of carbonyl (C=O) groups excluding carboxylic acids is 1. The molecule has 2 aromatic heterocycles. The van der Waals surface area contributed by atoms with E-state index in [0.29, 0.717) is 45.2 Å². The van der Waals surface area contributed by atoms with Crippen molar-refractivity contribution in [2.45, 2.75) is 26.4 Å². The lowest BCUT2D eigenvalue weighted by Gasteiger charge is -2.27. The fraction of sp³-hybridized carbons (Fsp3) is 0.250. The molecule has 46 heavy (non-hydrogen) atoms. The Balaban J connectivity index is 1.53. The average molecular weight is 638 g/mol. The van der Waals surface area contributed by atoms with Crippen molar-refractivity contribution in [2.75, 3.05) is 34.0 Å². The summed E-state index contributed by atoms with van der Waals surface area (Å²) in [5, 5.41) is 1.03. The van der Waals surface area contributed by atoms with Crippen LogP contribution in [0, 0.1) is 0 Å². The number of methoxy groups -OCH3 is 2. The van der Waals surface area contributed by atoms with Gasteiger partial charge >= 0.3 is 5.97 Å². The number of nitrogens with zero attached hydrogens (tertiary/aromatic N) is 3. The van der Waals surface area contributed by atoms with E-state index in [1.807, 2.05) is 55.5 Å². The monoisotopic (exact) mass is 637 g/mol. The van der Waals surface area contributed by atoms with Gasteiger partial charge < -0.3 is 23.5 Å². The summed E-state index contributed by atoms with van der Waals surface area (Å²) in [4.78, 5) is 33.2. The Hall–Kier alpha value is -4.93. The number of ether oxygens (including phenoxy) is 4. The van der Waals surface area contributed by atoms with E-state index in [0.717, 1.165) is 16.5 Å². The highest BCUT2D eigenvalue weighted by Gasteiger charge is 2.36. The Morgan fingerprint density at radius 1 is 1.00 bits per heavy atom. The van der Waals surface area contributed by atoms with E-state index in [1.54, 1.807) is 24.7 Å². The van der Waals surface area contributed by atoms with E-state index >= 15 is 0 Å². The van der Waals surface area contributed by atoms with E-state index in [1.165, 1.54) is 24.0 Å². The summed E-state index contributed by atoms with van der Waals surface area (Å²) in [5.74, 6) is 0.370. The minimum Gasteiger partial charge on any atom is -0.493 e. The standard InChI is InChI=1S/C36H35N3O6S/c1-5-44-33-27(15-11-17-29(33)43-4)32-31(35(41)45-19-18-42-3)23(2)37-36-39(32)34(40)30(46-36)20-25-22-38(21-24-12-7-6-8-13-24)28-16-10-9-14-26(25)28/h6-17,20,22,32H,5,18-19,21H2,1-4H3/b30-20+/t32-/m0/s1. The summed E-state index contributed by atoms with van der Waals surface area (Å²) in [7, 11) is 3.10. The second kappa shape index (κ2) is 13.6. The minimum absolute atomic E-state index is 0.0622. The Labute approximate surface area is 270 Å². The van der Waals surface area contributed by atoms with Crippen molar-refractivity contribution < 1.29 is 23.7 Å². The largest absolute Gasteiger partial charge is 0.493 e. The number of fused-ring (bicyclic) bond motifs is 2. The number of thiazole rings is 1. The molecule has 236 valence electrons. The Morgan fingerprint density at radius 2 is 1.78 bits per heavy atom. The number of aromatic nitrogens is 2. The molecule has 10 heteroatoms. The predicted molar refractivity (Wildman–Crippen MR) is 178 cm³/mol. The topological polar surface area (TPSA) is 93.3 Å². The molecule has 1 atom stereocenters. The van der Waals surface area contributed by atoms with Gasteiger partial charge in [0.2, 0.25) is 0 Å². The van der Waals surface area contributed by atoms with E-state index in [-0.39, 0.29) is 24.3 Å². The molecule has 1 aliphatic rings. The van der Waals surface area contributed by atoms with Gasteiger partial charge in [-0.05, 0) is 37.6 Å². The van der Waals surface area contributed by atoms with Crippen LogP contribution in [0.5, 0.6) is 11.5 Å². The maximum absolute atomic E-state index is 14.4. The molecule has 9 nitrogen and oxygen atoms in total. The number of esters is 1. The van der Waals surface area contributed by atoms with Crippen molar-refractivity contribution in [3.63, 3.8) is 0 Å². The van der Waals surface area contributed by atoms with Gasteiger partial charge in [-0.1, -0.05) is 72.0 Å². The summed E-state index contributed by atoms with van der Waals surface area (Å²) in [6.07, 6.45) is 3.99. The quantitative estimate of drug-likeness (QED) is 0.152. The summed E-state index contributed by atoms with van der Waals surface area (Å²) < 4.78 is 26.6. The first-order valence-electron chi connectivity index (χ1n) is 15.0. The molecule has 0 fully saturated rings. The molecule has 5 aromatic rings. The molecular formula is C36H35N3O6S. The molecule has 0 unspecified atom stereocenters.